The molecule has 0 saturated carbocycles. The summed E-state index contributed by atoms with van der Waals surface area (Å²) in [5.41, 5.74) is 0.859. The van der Waals surface area contributed by atoms with E-state index >= 15 is 0 Å². The van der Waals surface area contributed by atoms with Gasteiger partial charge in [-0.2, -0.15) is 4.31 Å². The molecule has 11 nitrogen and oxygen atoms in total. The Kier molecular flexibility index (Phi) is 14.8. The van der Waals surface area contributed by atoms with Crippen molar-refractivity contribution in [3.63, 3.8) is 0 Å². The second-order valence-electron chi connectivity index (χ2n) is 12.1. The van der Waals surface area contributed by atoms with Gasteiger partial charge < -0.3 is 34.1 Å². The normalized spacial score (nSPS) is 20.1. The predicted octanol–water partition coefficient (Wildman–Crippen LogP) is 5.24. The van der Waals surface area contributed by atoms with Crippen LogP contribution in [0.1, 0.15) is 50.5 Å². The Bertz CT molecular complexity index is 1420. The highest BCUT2D eigenvalue weighted by Crippen LogP contribution is 2.34. The molecule has 2 N–H and O–H groups in total. The molecule has 5 atom stereocenters. The lowest BCUT2D eigenvalue weighted by molar-refractivity contribution is -0.0907. The van der Waals surface area contributed by atoms with Crippen LogP contribution in [0.4, 0.5) is 4.79 Å². The van der Waals surface area contributed by atoms with E-state index in [-0.39, 0.29) is 49.0 Å². The first-order chi connectivity index (χ1) is 23.3. The maximum Gasteiger partial charge on any atom is 0.407 e. The van der Waals surface area contributed by atoms with E-state index in [1.165, 1.54) is 17.5 Å². The van der Waals surface area contributed by atoms with Crippen molar-refractivity contribution >= 4 is 16.1 Å². The summed E-state index contributed by atoms with van der Waals surface area (Å²) >= 11 is 0. The second-order valence-corrected chi connectivity index (χ2v) is 14.0. The van der Waals surface area contributed by atoms with Crippen LogP contribution in [0.25, 0.3) is 0 Å². The zero-order valence-corrected chi connectivity index (χ0v) is 28.7. The molecule has 0 bridgehead atoms. The van der Waals surface area contributed by atoms with Gasteiger partial charge in [0.25, 0.3) is 0 Å². The van der Waals surface area contributed by atoms with Gasteiger partial charge in [-0.1, -0.05) is 42.5 Å². The summed E-state index contributed by atoms with van der Waals surface area (Å²) < 4.78 is 58.2. The third kappa shape index (κ3) is 10.5. The van der Waals surface area contributed by atoms with E-state index in [0.29, 0.717) is 31.8 Å². The van der Waals surface area contributed by atoms with Gasteiger partial charge in [-0.15, -0.1) is 13.2 Å². The van der Waals surface area contributed by atoms with E-state index in [0.717, 1.165) is 37.7 Å². The number of carbonyl (C=O) groups excluding carboxylic acids is 1. The van der Waals surface area contributed by atoms with Gasteiger partial charge in [-0.25, -0.2) is 13.2 Å². The summed E-state index contributed by atoms with van der Waals surface area (Å²) in [6, 6.07) is 13.1. The number of carbonyl (C=O) groups is 1. The molecule has 0 spiro atoms. The number of methoxy groups -OCH3 is 1. The Labute approximate surface area is 284 Å². The van der Waals surface area contributed by atoms with Crippen LogP contribution in [0, 0.1) is 5.92 Å². The van der Waals surface area contributed by atoms with Gasteiger partial charge >= 0.3 is 6.09 Å². The van der Waals surface area contributed by atoms with Crippen molar-refractivity contribution in [2.75, 3.05) is 40.0 Å². The van der Waals surface area contributed by atoms with Crippen LogP contribution < -0.4 is 14.8 Å². The third-order valence-electron chi connectivity index (χ3n) is 8.60. The molecule has 0 aromatic heterocycles. The van der Waals surface area contributed by atoms with E-state index < -0.39 is 34.4 Å². The molecule has 2 aliphatic heterocycles. The number of hydrogen-bond acceptors (Lipinski definition) is 9. The molecule has 48 heavy (non-hydrogen) atoms. The van der Waals surface area contributed by atoms with Crippen LogP contribution in [0.3, 0.4) is 0 Å². The van der Waals surface area contributed by atoms with Crippen LogP contribution in [0.15, 0.2) is 78.7 Å². The minimum atomic E-state index is -4.17. The quantitative estimate of drug-likeness (QED) is 0.134. The van der Waals surface area contributed by atoms with Crippen LogP contribution in [0.2, 0.25) is 0 Å². The summed E-state index contributed by atoms with van der Waals surface area (Å²) in [5.74, 6) is 0.586. The van der Waals surface area contributed by atoms with Crippen LogP contribution in [-0.2, 0) is 30.7 Å². The molecule has 2 heterocycles. The fourth-order valence-corrected chi connectivity index (χ4v) is 7.51. The van der Waals surface area contributed by atoms with Crippen LogP contribution in [0.5, 0.6) is 11.5 Å². The highest BCUT2D eigenvalue weighted by Gasteiger charge is 2.44. The standard InChI is InChI=1S/C36H50N2O9S/c1-4-6-8-13-20-38(48(41,42)34-18-17-28(43-3)24-32(34)44-21-14-9-7-5-2)25-31(39)30(23-27-15-11-10-12-16-27)37-36(40)47-33-26-46-35-29(33)19-22-45-35/h4-5,10-12,15-18,24,29-31,33,35,39H,1-2,6-9,13-14,19-23,25-26H2,3H3,(H,37,40)/t29-,30-,31+,33-,35+/m0/s1. The van der Waals surface area contributed by atoms with E-state index in [9.17, 15) is 18.3 Å². The van der Waals surface area contributed by atoms with Crippen molar-refractivity contribution in [3.05, 3.63) is 79.4 Å². The van der Waals surface area contributed by atoms with E-state index in [1.807, 2.05) is 36.4 Å². The Morgan fingerprint density at radius 3 is 2.56 bits per heavy atom. The molecule has 4 rings (SSSR count). The predicted molar refractivity (Wildman–Crippen MR) is 182 cm³/mol. The summed E-state index contributed by atoms with van der Waals surface area (Å²) in [6.07, 6.45) is 6.14. The summed E-state index contributed by atoms with van der Waals surface area (Å²) in [7, 11) is -2.67. The number of nitrogens with one attached hydrogen (secondary N) is 1. The van der Waals surface area contributed by atoms with E-state index in [2.05, 4.69) is 18.5 Å². The lowest BCUT2D eigenvalue weighted by Gasteiger charge is -2.30. The molecule has 2 fully saturated rings. The average Bonchev–Trinajstić information content (AvgIpc) is 3.71. The second kappa shape index (κ2) is 18.9. The monoisotopic (exact) mass is 686 g/mol. The van der Waals surface area contributed by atoms with Crippen molar-refractivity contribution < 1.29 is 42.0 Å². The molecular weight excluding hydrogens is 636 g/mol. The molecule has 2 aromatic carbocycles. The lowest BCUT2D eigenvalue weighted by Crippen LogP contribution is -2.51. The molecule has 1 amide bonds. The zero-order valence-electron chi connectivity index (χ0n) is 27.8. The number of allylic oxidation sites excluding steroid dienone is 2. The van der Waals surface area contributed by atoms with Crippen LogP contribution in [-0.4, -0.2) is 88.5 Å². The average molecular weight is 687 g/mol. The van der Waals surface area contributed by atoms with Crippen LogP contribution >= 0.6 is 0 Å². The lowest BCUT2D eigenvalue weighted by atomic mass is 10.0. The number of hydrogen-bond donors (Lipinski definition) is 2. The number of ether oxygens (including phenoxy) is 5. The summed E-state index contributed by atoms with van der Waals surface area (Å²) in [6.45, 7) is 8.47. The molecule has 264 valence electrons. The molecule has 2 aliphatic rings. The Morgan fingerprint density at radius 2 is 1.83 bits per heavy atom. The Hall–Kier alpha value is -3.42. The number of benzene rings is 2. The van der Waals surface area contributed by atoms with Gasteiger partial charge in [0, 0.05) is 19.2 Å². The van der Waals surface area contributed by atoms with Crippen molar-refractivity contribution in [3.8, 4) is 11.5 Å². The number of amides is 1. The van der Waals surface area contributed by atoms with Crippen molar-refractivity contribution in [2.24, 2.45) is 5.92 Å². The number of fused-ring (bicyclic) bond motifs is 1. The van der Waals surface area contributed by atoms with Gasteiger partial charge in [0.05, 0.1) is 45.0 Å². The first-order valence-electron chi connectivity index (χ1n) is 16.7. The molecule has 2 aromatic rings. The van der Waals surface area contributed by atoms with Gasteiger partial charge in [-0.3, -0.25) is 0 Å². The van der Waals surface area contributed by atoms with Gasteiger partial charge in [-0.05, 0) is 69.1 Å². The van der Waals surface area contributed by atoms with Crippen molar-refractivity contribution in [1.29, 1.82) is 0 Å². The molecule has 2 saturated heterocycles. The molecular formula is C36H50N2O9S. The highest BCUT2D eigenvalue weighted by molar-refractivity contribution is 7.89. The first kappa shape index (κ1) is 37.4. The molecule has 0 aliphatic carbocycles. The number of aliphatic hydroxyl groups excluding tert-OH is 1. The topological polar surface area (TPSA) is 133 Å². The largest absolute Gasteiger partial charge is 0.497 e. The fourth-order valence-electron chi connectivity index (χ4n) is 5.90. The minimum Gasteiger partial charge on any atom is -0.497 e. The summed E-state index contributed by atoms with van der Waals surface area (Å²) in [5, 5.41) is 14.5. The smallest absolute Gasteiger partial charge is 0.407 e. The number of aliphatic hydroxyl groups is 1. The molecule has 0 unspecified atom stereocenters. The number of unbranched alkanes of at least 4 members (excludes halogenated alkanes) is 4. The minimum absolute atomic E-state index is 0.0236. The zero-order chi connectivity index (χ0) is 34.4. The first-order valence-corrected chi connectivity index (χ1v) is 18.2. The molecule has 12 heteroatoms. The third-order valence-corrected chi connectivity index (χ3v) is 10.5. The Morgan fingerprint density at radius 1 is 1.08 bits per heavy atom. The number of sulfonamides is 1. The number of nitrogens with zero attached hydrogens (tertiary/aromatic N) is 1. The van der Waals surface area contributed by atoms with E-state index in [4.69, 9.17) is 23.7 Å². The maximum absolute atomic E-state index is 14.3. The van der Waals surface area contributed by atoms with Gasteiger partial charge in [0.1, 0.15) is 22.5 Å². The van der Waals surface area contributed by atoms with E-state index in [1.54, 1.807) is 18.2 Å². The molecule has 0 radical (unpaired) electrons. The summed E-state index contributed by atoms with van der Waals surface area (Å²) in [4.78, 5) is 13.2. The number of alkyl carbamates (subject to hydrolysis) is 1. The number of rotatable bonds is 21. The highest BCUT2D eigenvalue weighted by atomic mass is 32.2. The van der Waals surface area contributed by atoms with Gasteiger partial charge in [0.2, 0.25) is 10.0 Å². The maximum atomic E-state index is 14.3. The SMILES string of the molecule is C=CCCCCOc1cc(OC)ccc1S(=O)(=O)N(CCCCC=C)C[C@@H](O)[C@H](Cc1ccccc1)NC(=O)O[C@H]1CO[C@H]2OCC[C@H]21. The Balaban J connectivity index is 1.56. The van der Waals surface area contributed by atoms with Crippen molar-refractivity contribution in [2.45, 2.75) is 80.8 Å². The fraction of sp³-hybridized carbons (Fsp3) is 0.528. The van der Waals surface area contributed by atoms with Gasteiger partial charge in [0.15, 0.2) is 6.29 Å². The van der Waals surface area contributed by atoms with Crippen molar-refractivity contribution in [1.82, 2.24) is 9.62 Å².